The van der Waals surface area contributed by atoms with Crippen molar-refractivity contribution in [3.63, 3.8) is 0 Å². The third kappa shape index (κ3) is 2.07. The number of rotatable bonds is 3. The number of carbonyl (C=O) groups excluding carboxylic acids is 1. The molecular formula is C10H20N2O2. The van der Waals surface area contributed by atoms with Gasteiger partial charge in [-0.1, -0.05) is 6.92 Å². The summed E-state index contributed by atoms with van der Waals surface area (Å²) < 4.78 is 5.22. The molecule has 4 nitrogen and oxygen atoms in total. The van der Waals surface area contributed by atoms with Gasteiger partial charge in [0, 0.05) is 12.1 Å². The molecule has 0 aromatic heterocycles. The third-order valence-corrected chi connectivity index (χ3v) is 3.03. The molecule has 3 atom stereocenters. The van der Waals surface area contributed by atoms with Gasteiger partial charge in [0.1, 0.15) is 0 Å². The Hall–Kier alpha value is -0.610. The number of ether oxygens (including phenoxy) is 1. The highest BCUT2D eigenvalue weighted by Gasteiger charge is 2.44. The molecule has 82 valence electrons. The van der Waals surface area contributed by atoms with E-state index in [2.05, 4.69) is 5.32 Å². The van der Waals surface area contributed by atoms with Gasteiger partial charge >= 0.3 is 0 Å². The fourth-order valence-electron chi connectivity index (χ4n) is 1.41. The molecule has 0 radical (unpaired) electrons. The SMILES string of the molecule is CCC(C)NC(=O)C1(C)COCC1N. The van der Waals surface area contributed by atoms with Gasteiger partial charge in [-0.3, -0.25) is 4.79 Å². The van der Waals surface area contributed by atoms with Gasteiger partial charge in [-0.15, -0.1) is 0 Å². The van der Waals surface area contributed by atoms with E-state index in [0.29, 0.717) is 13.2 Å². The standard InChI is InChI=1S/C10H20N2O2/c1-4-7(2)12-9(13)10(3)6-14-5-8(10)11/h7-8H,4-6,11H2,1-3H3,(H,12,13). The summed E-state index contributed by atoms with van der Waals surface area (Å²) in [5.41, 5.74) is 5.29. The van der Waals surface area contributed by atoms with Crippen LogP contribution in [0.25, 0.3) is 0 Å². The maximum atomic E-state index is 11.9. The van der Waals surface area contributed by atoms with Crippen molar-refractivity contribution in [3.05, 3.63) is 0 Å². The van der Waals surface area contributed by atoms with Crippen LogP contribution in [-0.2, 0) is 9.53 Å². The Morgan fingerprint density at radius 3 is 2.86 bits per heavy atom. The lowest BCUT2D eigenvalue weighted by Gasteiger charge is -2.27. The molecule has 1 aliphatic rings. The van der Waals surface area contributed by atoms with Crippen molar-refractivity contribution < 1.29 is 9.53 Å². The number of hydrogen-bond donors (Lipinski definition) is 2. The Morgan fingerprint density at radius 1 is 1.79 bits per heavy atom. The highest BCUT2D eigenvalue weighted by molar-refractivity contribution is 5.83. The van der Waals surface area contributed by atoms with Gasteiger partial charge in [0.15, 0.2) is 0 Å². The van der Waals surface area contributed by atoms with E-state index in [0.717, 1.165) is 6.42 Å². The van der Waals surface area contributed by atoms with Crippen LogP contribution in [0.4, 0.5) is 0 Å². The fourth-order valence-corrected chi connectivity index (χ4v) is 1.41. The molecule has 1 fully saturated rings. The number of carbonyl (C=O) groups is 1. The molecule has 14 heavy (non-hydrogen) atoms. The first-order valence-corrected chi connectivity index (χ1v) is 5.15. The van der Waals surface area contributed by atoms with Gasteiger partial charge in [-0.2, -0.15) is 0 Å². The van der Waals surface area contributed by atoms with Crippen LogP contribution in [0.2, 0.25) is 0 Å². The number of nitrogens with one attached hydrogen (secondary N) is 1. The minimum Gasteiger partial charge on any atom is -0.379 e. The van der Waals surface area contributed by atoms with Crippen molar-refractivity contribution in [2.24, 2.45) is 11.1 Å². The quantitative estimate of drug-likeness (QED) is 0.687. The van der Waals surface area contributed by atoms with Gasteiger partial charge in [-0.05, 0) is 20.3 Å². The minimum absolute atomic E-state index is 0.0110. The first-order valence-electron chi connectivity index (χ1n) is 5.15. The second kappa shape index (κ2) is 4.28. The molecule has 4 heteroatoms. The molecule has 0 saturated carbocycles. The Kier molecular flexibility index (Phi) is 3.50. The molecule has 0 aromatic carbocycles. The summed E-state index contributed by atoms with van der Waals surface area (Å²) in [7, 11) is 0. The van der Waals surface area contributed by atoms with Crippen LogP contribution in [0.1, 0.15) is 27.2 Å². The van der Waals surface area contributed by atoms with Gasteiger partial charge in [0.05, 0.1) is 18.6 Å². The first kappa shape index (κ1) is 11.5. The molecular weight excluding hydrogens is 180 g/mol. The Balaban J connectivity index is 2.59. The Labute approximate surface area is 85.2 Å². The highest BCUT2D eigenvalue weighted by atomic mass is 16.5. The normalized spacial score (nSPS) is 34.1. The van der Waals surface area contributed by atoms with Crippen LogP contribution in [0.3, 0.4) is 0 Å². The van der Waals surface area contributed by atoms with Gasteiger partial charge in [-0.25, -0.2) is 0 Å². The van der Waals surface area contributed by atoms with E-state index < -0.39 is 5.41 Å². The first-order chi connectivity index (χ1) is 6.50. The lowest BCUT2D eigenvalue weighted by Crippen LogP contribution is -2.51. The smallest absolute Gasteiger partial charge is 0.230 e. The number of nitrogens with two attached hydrogens (primary N) is 1. The van der Waals surface area contributed by atoms with Crippen molar-refractivity contribution in [2.45, 2.75) is 39.3 Å². The van der Waals surface area contributed by atoms with Gasteiger partial charge < -0.3 is 15.8 Å². The molecule has 1 saturated heterocycles. The minimum atomic E-state index is -0.552. The molecule has 0 bridgehead atoms. The highest BCUT2D eigenvalue weighted by Crippen LogP contribution is 2.27. The van der Waals surface area contributed by atoms with Gasteiger partial charge in [0.25, 0.3) is 0 Å². The van der Waals surface area contributed by atoms with E-state index in [1.165, 1.54) is 0 Å². The van der Waals surface area contributed by atoms with Crippen LogP contribution in [-0.4, -0.2) is 31.2 Å². The second-order valence-corrected chi connectivity index (χ2v) is 4.32. The van der Waals surface area contributed by atoms with Crippen molar-refractivity contribution in [1.29, 1.82) is 0 Å². The summed E-state index contributed by atoms with van der Waals surface area (Å²) in [5.74, 6) is 0.0110. The fraction of sp³-hybridized carbons (Fsp3) is 0.900. The van der Waals surface area contributed by atoms with Crippen LogP contribution < -0.4 is 11.1 Å². The third-order valence-electron chi connectivity index (χ3n) is 3.03. The van der Waals surface area contributed by atoms with Crippen molar-refractivity contribution in [2.75, 3.05) is 13.2 Å². The van der Waals surface area contributed by atoms with Gasteiger partial charge in [0.2, 0.25) is 5.91 Å². The lowest BCUT2D eigenvalue weighted by atomic mass is 9.84. The van der Waals surface area contributed by atoms with Crippen molar-refractivity contribution in [1.82, 2.24) is 5.32 Å². The van der Waals surface area contributed by atoms with Crippen LogP contribution in [0.15, 0.2) is 0 Å². The van der Waals surface area contributed by atoms with E-state index >= 15 is 0 Å². The number of hydrogen-bond acceptors (Lipinski definition) is 3. The topological polar surface area (TPSA) is 64.3 Å². The maximum absolute atomic E-state index is 11.9. The Bertz CT molecular complexity index is 220. The molecule has 0 spiro atoms. The number of amides is 1. The van der Waals surface area contributed by atoms with Crippen LogP contribution >= 0.6 is 0 Å². The average molecular weight is 200 g/mol. The summed E-state index contributed by atoms with van der Waals surface area (Å²) in [5, 5.41) is 2.94. The van der Waals surface area contributed by atoms with E-state index in [-0.39, 0.29) is 18.0 Å². The zero-order chi connectivity index (χ0) is 10.8. The lowest BCUT2D eigenvalue weighted by molar-refractivity contribution is -0.131. The summed E-state index contributed by atoms with van der Waals surface area (Å²) in [4.78, 5) is 11.9. The van der Waals surface area contributed by atoms with Crippen molar-refractivity contribution in [3.8, 4) is 0 Å². The molecule has 3 N–H and O–H groups in total. The van der Waals surface area contributed by atoms with E-state index in [1.807, 2.05) is 20.8 Å². The molecule has 0 aliphatic carbocycles. The summed E-state index contributed by atoms with van der Waals surface area (Å²) >= 11 is 0. The molecule has 1 amide bonds. The van der Waals surface area contributed by atoms with E-state index in [1.54, 1.807) is 0 Å². The monoisotopic (exact) mass is 200 g/mol. The predicted octanol–water partition coefficient (Wildman–Crippen LogP) is 0.265. The largest absolute Gasteiger partial charge is 0.379 e. The molecule has 3 unspecified atom stereocenters. The average Bonchev–Trinajstić information content (AvgIpc) is 2.48. The van der Waals surface area contributed by atoms with Crippen LogP contribution in [0, 0.1) is 5.41 Å². The van der Waals surface area contributed by atoms with E-state index in [4.69, 9.17) is 10.5 Å². The zero-order valence-electron chi connectivity index (χ0n) is 9.17. The zero-order valence-corrected chi connectivity index (χ0v) is 9.17. The van der Waals surface area contributed by atoms with Crippen molar-refractivity contribution >= 4 is 5.91 Å². The predicted molar refractivity (Wildman–Crippen MR) is 54.8 cm³/mol. The Morgan fingerprint density at radius 2 is 2.43 bits per heavy atom. The molecule has 1 rings (SSSR count). The summed E-state index contributed by atoms with van der Waals surface area (Å²) in [6.07, 6.45) is 0.928. The van der Waals surface area contributed by atoms with Crippen LogP contribution in [0.5, 0.6) is 0 Å². The molecule has 1 heterocycles. The maximum Gasteiger partial charge on any atom is 0.230 e. The molecule has 0 aromatic rings. The van der Waals surface area contributed by atoms with E-state index in [9.17, 15) is 4.79 Å². The summed E-state index contributed by atoms with van der Waals surface area (Å²) in [6, 6.07) is 0.0127. The summed E-state index contributed by atoms with van der Waals surface area (Å²) in [6.45, 7) is 6.80. The molecule has 1 aliphatic heterocycles. The second-order valence-electron chi connectivity index (χ2n) is 4.32.